The highest BCUT2D eigenvalue weighted by atomic mass is 16.2. The van der Waals surface area contributed by atoms with Gasteiger partial charge in [0.1, 0.15) is 0 Å². The molecular formula is C23H42N2O. The van der Waals surface area contributed by atoms with Crippen LogP contribution in [0.5, 0.6) is 0 Å². The number of rotatable bonds is 4. The molecule has 3 fully saturated rings. The molecule has 1 N–H and O–H groups in total. The minimum Gasteiger partial charge on any atom is -0.386 e. The first kappa shape index (κ1) is 21.3. The summed E-state index contributed by atoms with van der Waals surface area (Å²) in [6, 6.07) is 0.716. The molecule has 0 aromatic carbocycles. The summed E-state index contributed by atoms with van der Waals surface area (Å²) in [5.74, 6) is 1.10. The van der Waals surface area contributed by atoms with Gasteiger partial charge in [0.15, 0.2) is 0 Å². The molecule has 3 rings (SSSR count). The van der Waals surface area contributed by atoms with Crippen LogP contribution in [0.2, 0.25) is 0 Å². The van der Waals surface area contributed by atoms with Gasteiger partial charge in [-0.3, -0.25) is 4.79 Å². The Balaban J connectivity index is 0.000000190. The number of hydrogen-bond donors (Lipinski definition) is 1. The van der Waals surface area contributed by atoms with Crippen molar-refractivity contribution in [3.63, 3.8) is 0 Å². The van der Waals surface area contributed by atoms with E-state index in [4.69, 9.17) is 0 Å². The first-order chi connectivity index (χ1) is 12.3. The van der Waals surface area contributed by atoms with E-state index >= 15 is 0 Å². The van der Waals surface area contributed by atoms with E-state index in [1.54, 1.807) is 0 Å². The van der Waals surface area contributed by atoms with Gasteiger partial charge in [-0.15, -0.1) is 0 Å². The van der Waals surface area contributed by atoms with Crippen LogP contribution in [-0.4, -0.2) is 29.9 Å². The fraction of sp³-hybridized carbons (Fsp3) is 0.870. The molecule has 2 aliphatic carbocycles. The van der Waals surface area contributed by atoms with Crippen LogP contribution in [0, 0.1) is 17.3 Å². The van der Waals surface area contributed by atoms with Crippen LogP contribution in [0.25, 0.3) is 0 Å². The Hall–Kier alpha value is -0.990. The van der Waals surface area contributed by atoms with Crippen molar-refractivity contribution in [1.82, 2.24) is 10.2 Å². The first-order valence-corrected chi connectivity index (χ1v) is 11.1. The van der Waals surface area contributed by atoms with Crippen LogP contribution in [0.3, 0.4) is 0 Å². The van der Waals surface area contributed by atoms with Crippen LogP contribution >= 0.6 is 0 Å². The van der Waals surface area contributed by atoms with Gasteiger partial charge in [-0.05, 0) is 43.4 Å². The zero-order chi connectivity index (χ0) is 19.2. The molecule has 3 aliphatic rings. The molecule has 1 amide bonds. The lowest BCUT2D eigenvalue weighted by Crippen LogP contribution is -2.34. The quantitative estimate of drug-likeness (QED) is 0.715. The SMILES string of the molecule is C=C(NC1CCCCC1)C(C)C.CC(C)C(=O)N1CCC2(CCCC2)C1. The number of amides is 1. The van der Waals surface area contributed by atoms with E-state index in [9.17, 15) is 4.79 Å². The molecule has 26 heavy (non-hydrogen) atoms. The molecule has 1 saturated heterocycles. The van der Waals surface area contributed by atoms with Crippen molar-refractivity contribution in [2.24, 2.45) is 17.3 Å². The maximum atomic E-state index is 11.8. The lowest BCUT2D eigenvalue weighted by atomic mass is 9.86. The monoisotopic (exact) mass is 362 g/mol. The van der Waals surface area contributed by atoms with Crippen molar-refractivity contribution in [3.05, 3.63) is 12.3 Å². The summed E-state index contributed by atoms with van der Waals surface area (Å²) < 4.78 is 0. The number of likely N-dealkylation sites (tertiary alicyclic amines) is 1. The molecule has 0 aromatic heterocycles. The summed E-state index contributed by atoms with van der Waals surface area (Å²) in [6.45, 7) is 14.5. The summed E-state index contributed by atoms with van der Waals surface area (Å²) in [6.07, 6.45) is 13.6. The minimum absolute atomic E-state index is 0.173. The molecule has 0 atom stereocenters. The minimum atomic E-state index is 0.173. The van der Waals surface area contributed by atoms with E-state index in [1.165, 1.54) is 69.9 Å². The van der Waals surface area contributed by atoms with E-state index < -0.39 is 0 Å². The second kappa shape index (κ2) is 9.80. The maximum Gasteiger partial charge on any atom is 0.225 e. The molecule has 0 radical (unpaired) electrons. The number of nitrogens with zero attached hydrogens (tertiary/aromatic N) is 1. The van der Waals surface area contributed by atoms with Gasteiger partial charge in [-0.2, -0.15) is 0 Å². The second-order valence-corrected chi connectivity index (χ2v) is 9.53. The number of hydrogen-bond acceptors (Lipinski definition) is 2. The smallest absolute Gasteiger partial charge is 0.225 e. The summed E-state index contributed by atoms with van der Waals surface area (Å²) in [7, 11) is 0. The Morgan fingerprint density at radius 1 is 0.962 bits per heavy atom. The highest BCUT2D eigenvalue weighted by molar-refractivity contribution is 5.78. The molecule has 0 bridgehead atoms. The number of nitrogens with one attached hydrogen (secondary N) is 1. The fourth-order valence-corrected chi connectivity index (χ4v) is 4.70. The average molecular weight is 363 g/mol. The molecule has 1 aliphatic heterocycles. The second-order valence-electron chi connectivity index (χ2n) is 9.53. The molecular weight excluding hydrogens is 320 g/mol. The van der Waals surface area contributed by atoms with Gasteiger partial charge in [0.25, 0.3) is 0 Å². The Labute approximate surface area is 162 Å². The number of carbonyl (C=O) groups excluding carboxylic acids is 1. The van der Waals surface area contributed by atoms with Crippen molar-refractivity contribution in [2.45, 2.75) is 97.9 Å². The fourth-order valence-electron chi connectivity index (χ4n) is 4.70. The Bertz CT molecular complexity index is 457. The zero-order valence-electron chi connectivity index (χ0n) is 17.8. The van der Waals surface area contributed by atoms with Crippen molar-refractivity contribution in [2.75, 3.05) is 13.1 Å². The topological polar surface area (TPSA) is 32.3 Å². The summed E-state index contributed by atoms with van der Waals surface area (Å²) in [5.41, 5.74) is 1.74. The Kier molecular flexibility index (Phi) is 8.04. The largest absolute Gasteiger partial charge is 0.386 e. The third-order valence-corrected chi connectivity index (χ3v) is 6.60. The lowest BCUT2D eigenvalue weighted by Gasteiger charge is -2.26. The Morgan fingerprint density at radius 2 is 1.58 bits per heavy atom. The molecule has 0 unspecified atom stereocenters. The molecule has 3 heteroatoms. The van der Waals surface area contributed by atoms with E-state index in [2.05, 4.69) is 30.6 Å². The molecule has 2 saturated carbocycles. The molecule has 1 heterocycles. The van der Waals surface area contributed by atoms with Crippen LogP contribution in [0.1, 0.15) is 91.9 Å². The van der Waals surface area contributed by atoms with E-state index in [0.29, 0.717) is 23.3 Å². The van der Waals surface area contributed by atoms with Gasteiger partial charge in [0, 0.05) is 30.7 Å². The number of allylic oxidation sites excluding steroid dienone is 1. The molecule has 0 aromatic rings. The van der Waals surface area contributed by atoms with Gasteiger partial charge in [0.05, 0.1) is 0 Å². The first-order valence-electron chi connectivity index (χ1n) is 11.1. The molecule has 1 spiro atoms. The normalized spacial score (nSPS) is 22.6. The van der Waals surface area contributed by atoms with Crippen LogP contribution in [0.15, 0.2) is 12.3 Å². The van der Waals surface area contributed by atoms with Crippen LogP contribution in [-0.2, 0) is 4.79 Å². The third-order valence-electron chi connectivity index (χ3n) is 6.60. The zero-order valence-corrected chi connectivity index (χ0v) is 17.8. The highest BCUT2D eigenvalue weighted by Crippen LogP contribution is 2.45. The van der Waals surface area contributed by atoms with Gasteiger partial charge in [0.2, 0.25) is 5.91 Å². The standard InChI is InChI=1S/C12H21NO.C11H21N/c1-10(2)11(14)13-8-7-12(9-13)5-3-4-6-12;1-9(2)10(3)12-11-7-5-4-6-8-11/h10H,3-9H2,1-2H3;9,11-12H,3-8H2,1-2H3. The third kappa shape index (κ3) is 6.03. The van der Waals surface area contributed by atoms with Gasteiger partial charge >= 0.3 is 0 Å². The van der Waals surface area contributed by atoms with Crippen molar-refractivity contribution < 1.29 is 4.79 Å². The maximum absolute atomic E-state index is 11.8. The molecule has 150 valence electrons. The summed E-state index contributed by atoms with van der Waals surface area (Å²) in [5, 5.41) is 3.52. The predicted octanol–water partition coefficient (Wildman–Crippen LogP) is 5.51. The van der Waals surface area contributed by atoms with Crippen LogP contribution < -0.4 is 5.32 Å². The van der Waals surface area contributed by atoms with E-state index in [0.717, 1.165) is 13.1 Å². The lowest BCUT2D eigenvalue weighted by molar-refractivity contribution is -0.133. The van der Waals surface area contributed by atoms with E-state index in [-0.39, 0.29) is 5.92 Å². The number of carbonyl (C=O) groups is 1. The average Bonchev–Trinajstić information content (AvgIpc) is 3.25. The van der Waals surface area contributed by atoms with Crippen molar-refractivity contribution >= 4 is 5.91 Å². The highest BCUT2D eigenvalue weighted by Gasteiger charge is 2.41. The summed E-state index contributed by atoms with van der Waals surface area (Å²) in [4.78, 5) is 13.9. The Morgan fingerprint density at radius 3 is 2.12 bits per heavy atom. The van der Waals surface area contributed by atoms with Crippen molar-refractivity contribution in [3.8, 4) is 0 Å². The van der Waals surface area contributed by atoms with Gasteiger partial charge in [-0.25, -0.2) is 0 Å². The van der Waals surface area contributed by atoms with Crippen LogP contribution in [0.4, 0.5) is 0 Å². The van der Waals surface area contributed by atoms with Gasteiger partial charge < -0.3 is 10.2 Å². The summed E-state index contributed by atoms with van der Waals surface area (Å²) >= 11 is 0. The predicted molar refractivity (Wildman–Crippen MR) is 111 cm³/mol. The molecule has 3 nitrogen and oxygen atoms in total. The van der Waals surface area contributed by atoms with E-state index in [1.807, 2.05) is 13.8 Å². The van der Waals surface area contributed by atoms with Crippen molar-refractivity contribution in [1.29, 1.82) is 0 Å². The van der Waals surface area contributed by atoms with Gasteiger partial charge in [-0.1, -0.05) is 66.4 Å².